The molecule has 1 fully saturated rings. The zero-order valence-electron chi connectivity index (χ0n) is 26.5. The van der Waals surface area contributed by atoms with Crippen molar-refractivity contribution in [2.75, 3.05) is 6.54 Å². The van der Waals surface area contributed by atoms with Gasteiger partial charge in [0.25, 0.3) is 0 Å². The van der Waals surface area contributed by atoms with Gasteiger partial charge >= 0.3 is 21.7 Å². The summed E-state index contributed by atoms with van der Waals surface area (Å²) in [5.41, 5.74) is -0.909. The second-order valence-electron chi connectivity index (χ2n) is 13.4. The number of amidine groups is 1. The summed E-state index contributed by atoms with van der Waals surface area (Å²) in [5, 5.41) is 10.3. The summed E-state index contributed by atoms with van der Waals surface area (Å²) in [6, 6.07) is 0. The molecule has 4 N–H and O–H groups in total. The van der Waals surface area contributed by atoms with Gasteiger partial charge < -0.3 is 4.72 Å². The van der Waals surface area contributed by atoms with Gasteiger partial charge in [-0.2, -0.15) is 17.8 Å². The van der Waals surface area contributed by atoms with E-state index in [4.69, 9.17) is 0 Å². The summed E-state index contributed by atoms with van der Waals surface area (Å²) < 4.78 is 34.5. The quantitative estimate of drug-likeness (QED) is 0.313. The lowest BCUT2D eigenvalue weighted by atomic mass is 9.95. The second-order valence-corrected chi connectivity index (χ2v) is 15.9. The highest BCUT2D eigenvalue weighted by Crippen LogP contribution is 2.26. The molecule has 0 radical (unpaired) electrons. The van der Waals surface area contributed by atoms with Crippen LogP contribution in [0.3, 0.4) is 0 Å². The molecule has 0 atom stereocenters. The number of carbonyl (C=O) groups excluding carboxylic acids is 1. The Morgan fingerprint density at radius 3 is 1.69 bits per heavy atom. The van der Waals surface area contributed by atoms with E-state index in [0.717, 1.165) is 15.2 Å². The van der Waals surface area contributed by atoms with Gasteiger partial charge in [0.15, 0.2) is 5.82 Å². The standard InChI is InChI=1S/C7H12N2S.C6H11N3O.C6H12N2O3S.C6H10N2O2/c1-5-8-6(9-10-5)7(2,3)4;1-6(2,3)9-4-7-8-5(9)10;1-6(2,3)8-4-5(9)7-12(8,10)11;1-6(2,3)4-7-5(9)10-8-4/h1H2,2-4H3,(H,8,9);4H,1-3H3,(H,8,10);4H2,1-3H3,(H,7,9);1-3H3,(H,7,8,9). The maximum absolute atomic E-state index is 11.2. The van der Waals surface area contributed by atoms with Crippen molar-refractivity contribution < 1.29 is 17.7 Å². The summed E-state index contributed by atoms with van der Waals surface area (Å²) >= 11 is 1.48. The van der Waals surface area contributed by atoms with E-state index >= 15 is 0 Å². The number of aromatic nitrogens is 5. The van der Waals surface area contributed by atoms with Gasteiger partial charge in [0.2, 0.25) is 5.91 Å². The molecule has 238 valence electrons. The Kier molecular flexibility index (Phi) is 11.8. The monoisotopic (exact) mass is 631 g/mol. The van der Waals surface area contributed by atoms with Crippen LogP contribution in [-0.4, -0.2) is 61.5 Å². The molecular formula is C25H45N9O6S2. The third kappa shape index (κ3) is 11.6. The Hall–Kier alpha value is -3.18. The number of aromatic amines is 2. The van der Waals surface area contributed by atoms with Crippen LogP contribution in [0, 0.1) is 5.41 Å². The van der Waals surface area contributed by atoms with E-state index in [2.05, 4.69) is 61.9 Å². The smallest absolute Gasteiger partial charge is 0.312 e. The van der Waals surface area contributed by atoms with Gasteiger partial charge in [0.1, 0.15) is 17.2 Å². The van der Waals surface area contributed by atoms with Gasteiger partial charge in [-0.15, -0.1) is 0 Å². The molecule has 0 spiro atoms. The van der Waals surface area contributed by atoms with E-state index in [-0.39, 0.29) is 28.6 Å². The molecule has 2 aliphatic heterocycles. The Morgan fingerprint density at radius 1 is 0.929 bits per heavy atom. The van der Waals surface area contributed by atoms with Crippen LogP contribution in [0.2, 0.25) is 0 Å². The van der Waals surface area contributed by atoms with E-state index in [9.17, 15) is 22.8 Å². The van der Waals surface area contributed by atoms with Crippen LogP contribution in [0.25, 0.3) is 0 Å². The number of hydrogen-bond acceptors (Lipinski definition) is 11. The molecule has 1 saturated heterocycles. The number of H-pyrrole nitrogens is 2. The van der Waals surface area contributed by atoms with Crippen LogP contribution in [0.1, 0.15) is 88.9 Å². The minimum absolute atomic E-state index is 0.0775. The Labute approximate surface area is 251 Å². The predicted octanol–water partition coefficient (Wildman–Crippen LogP) is 2.60. The van der Waals surface area contributed by atoms with Gasteiger partial charge in [-0.3, -0.25) is 18.9 Å². The van der Waals surface area contributed by atoms with Crippen molar-refractivity contribution in [1.29, 1.82) is 0 Å². The first-order valence-corrected chi connectivity index (χ1v) is 15.2. The molecule has 2 aromatic rings. The van der Waals surface area contributed by atoms with E-state index in [1.807, 2.05) is 46.3 Å². The lowest BCUT2D eigenvalue weighted by Crippen LogP contribution is -2.43. The molecule has 17 heteroatoms. The van der Waals surface area contributed by atoms with Crippen molar-refractivity contribution in [1.82, 2.24) is 38.7 Å². The lowest BCUT2D eigenvalue weighted by Gasteiger charge is -2.27. The Bertz CT molecular complexity index is 1470. The molecule has 0 aromatic carbocycles. The molecule has 0 bridgehead atoms. The van der Waals surface area contributed by atoms with Gasteiger partial charge in [-0.25, -0.2) is 24.4 Å². The van der Waals surface area contributed by atoms with Crippen molar-refractivity contribution in [2.45, 2.75) is 99.6 Å². The lowest BCUT2D eigenvalue weighted by molar-refractivity contribution is -0.118. The molecule has 2 aromatic heterocycles. The van der Waals surface area contributed by atoms with Crippen LogP contribution in [0.5, 0.6) is 0 Å². The first-order chi connectivity index (χ1) is 18.7. The molecule has 4 rings (SSSR count). The summed E-state index contributed by atoms with van der Waals surface area (Å²) in [6.45, 7) is 26.9. The first kappa shape index (κ1) is 36.8. The van der Waals surface area contributed by atoms with Crippen LogP contribution < -0.4 is 20.9 Å². The fourth-order valence-corrected chi connectivity index (χ4v) is 5.10. The topological polar surface area (TPSA) is 200 Å². The predicted molar refractivity (Wildman–Crippen MR) is 164 cm³/mol. The van der Waals surface area contributed by atoms with Crippen LogP contribution in [0.15, 0.2) is 37.0 Å². The number of rotatable bonds is 0. The average molecular weight is 632 g/mol. The second kappa shape index (κ2) is 13.4. The molecule has 2 aliphatic rings. The van der Waals surface area contributed by atoms with Crippen molar-refractivity contribution >= 4 is 33.9 Å². The van der Waals surface area contributed by atoms with Gasteiger partial charge in [-0.1, -0.05) is 53.3 Å². The summed E-state index contributed by atoms with van der Waals surface area (Å²) in [4.78, 5) is 38.9. The number of aliphatic imine (C=N–C) groups is 1. The van der Waals surface area contributed by atoms with Crippen LogP contribution in [-0.2, 0) is 26.0 Å². The SMILES string of the molecule is C=C1N=C(C(C)(C)C)NS1.CC(C)(C)N1CC(=O)NS1(=O)=O.CC(C)(C)c1noc(=O)[nH]1.CC(C)(C)n1cn[nH]c1=O. The minimum atomic E-state index is -3.56. The van der Waals surface area contributed by atoms with E-state index in [1.54, 1.807) is 25.3 Å². The van der Waals surface area contributed by atoms with E-state index in [0.29, 0.717) is 5.82 Å². The van der Waals surface area contributed by atoms with E-state index in [1.165, 1.54) is 18.3 Å². The number of carbonyl (C=O) groups is 1. The molecule has 42 heavy (non-hydrogen) atoms. The van der Waals surface area contributed by atoms with Crippen LogP contribution >= 0.6 is 11.9 Å². The molecule has 4 heterocycles. The normalized spacial score (nSPS) is 17.0. The summed E-state index contributed by atoms with van der Waals surface area (Å²) in [5.74, 6) is 0.634. The van der Waals surface area contributed by atoms with Crippen molar-refractivity contribution in [3.8, 4) is 0 Å². The fraction of sp³-hybridized carbons (Fsp3) is 0.680. The molecule has 0 saturated carbocycles. The number of nitrogens with zero attached hydrogens (tertiary/aromatic N) is 5. The number of amides is 1. The molecule has 1 amide bonds. The fourth-order valence-electron chi connectivity index (χ4n) is 2.92. The molecule has 0 aliphatic carbocycles. The van der Waals surface area contributed by atoms with Gasteiger partial charge in [0.05, 0.1) is 6.54 Å². The summed E-state index contributed by atoms with van der Waals surface area (Å²) in [6.07, 6.45) is 1.50. The van der Waals surface area contributed by atoms with Crippen molar-refractivity contribution in [3.63, 3.8) is 0 Å². The van der Waals surface area contributed by atoms with E-state index < -0.39 is 27.4 Å². The highest BCUT2D eigenvalue weighted by atomic mass is 32.2. The maximum atomic E-state index is 11.2. The first-order valence-electron chi connectivity index (χ1n) is 13.0. The highest BCUT2D eigenvalue weighted by molar-refractivity contribution is 8.02. The Balaban J connectivity index is 0.000000281. The van der Waals surface area contributed by atoms with Crippen molar-refractivity contribution in [3.05, 3.63) is 44.8 Å². The zero-order chi connectivity index (χ0) is 32.9. The zero-order valence-corrected chi connectivity index (χ0v) is 28.1. The number of hydrogen-bond donors (Lipinski definition) is 4. The molecular weight excluding hydrogens is 586 g/mol. The van der Waals surface area contributed by atoms with Crippen LogP contribution in [0.4, 0.5) is 0 Å². The largest absolute Gasteiger partial charge is 0.438 e. The molecule has 15 nitrogen and oxygen atoms in total. The van der Waals surface area contributed by atoms with Gasteiger partial charge in [0, 0.05) is 33.9 Å². The van der Waals surface area contributed by atoms with Gasteiger partial charge in [-0.05, 0) is 41.5 Å². The number of nitrogens with one attached hydrogen (secondary N) is 4. The third-order valence-electron chi connectivity index (χ3n) is 5.21. The average Bonchev–Trinajstić information content (AvgIpc) is 3.55. The molecule has 0 unspecified atom stereocenters. The Morgan fingerprint density at radius 2 is 1.50 bits per heavy atom. The highest BCUT2D eigenvalue weighted by Gasteiger charge is 2.40. The maximum Gasteiger partial charge on any atom is 0.438 e. The third-order valence-corrected chi connectivity index (χ3v) is 7.57. The summed E-state index contributed by atoms with van der Waals surface area (Å²) in [7, 11) is -3.56. The minimum Gasteiger partial charge on any atom is -0.312 e. The van der Waals surface area contributed by atoms with Crippen molar-refractivity contribution in [2.24, 2.45) is 10.4 Å².